The van der Waals surface area contributed by atoms with Gasteiger partial charge in [0.15, 0.2) is 11.2 Å². The first-order valence-corrected chi connectivity index (χ1v) is 6.84. The number of aromatic amines is 1. The fourth-order valence-electron chi connectivity index (χ4n) is 1.88. The monoisotopic (exact) mass is 305 g/mol. The largest absolute Gasteiger partial charge is 0.380 e. The standard InChI is InChI=1S/C14H19N5O3/c1-8(2)12(20)17-14-16-11-10(13(21)18-14)15-7-19(11)5-9(3)6-22-4/h7-8H,3,5-6H2,1-2,4H3,(H2,16,17,18,20,21). The molecule has 0 spiro atoms. The van der Waals surface area contributed by atoms with Gasteiger partial charge in [-0.25, -0.2) is 4.98 Å². The van der Waals surface area contributed by atoms with Crippen LogP contribution in [0.2, 0.25) is 0 Å². The third-order valence-electron chi connectivity index (χ3n) is 2.98. The second-order valence-corrected chi connectivity index (χ2v) is 5.29. The van der Waals surface area contributed by atoms with Crippen LogP contribution in [-0.4, -0.2) is 39.1 Å². The van der Waals surface area contributed by atoms with Crippen molar-refractivity contribution in [2.75, 3.05) is 19.0 Å². The van der Waals surface area contributed by atoms with Crippen LogP contribution in [0.5, 0.6) is 0 Å². The van der Waals surface area contributed by atoms with Crippen molar-refractivity contribution in [1.82, 2.24) is 19.5 Å². The average molecular weight is 305 g/mol. The molecule has 0 saturated carbocycles. The maximum absolute atomic E-state index is 12.0. The number of imidazole rings is 1. The quantitative estimate of drug-likeness (QED) is 0.773. The molecule has 0 aromatic carbocycles. The molecule has 0 aliphatic heterocycles. The Morgan fingerprint density at radius 1 is 1.55 bits per heavy atom. The highest BCUT2D eigenvalue weighted by Crippen LogP contribution is 2.10. The predicted octanol–water partition coefficient (Wildman–Crippen LogP) is 0.917. The number of methoxy groups -OCH3 is 1. The number of fused-ring (bicyclic) bond motifs is 1. The number of carbonyl (C=O) groups is 1. The lowest BCUT2D eigenvalue weighted by atomic mass is 10.2. The Labute approximate surface area is 127 Å². The maximum Gasteiger partial charge on any atom is 0.280 e. The van der Waals surface area contributed by atoms with Crippen molar-refractivity contribution in [3.63, 3.8) is 0 Å². The molecule has 22 heavy (non-hydrogen) atoms. The Bertz CT molecular complexity index is 759. The number of nitrogens with one attached hydrogen (secondary N) is 2. The third-order valence-corrected chi connectivity index (χ3v) is 2.98. The van der Waals surface area contributed by atoms with E-state index >= 15 is 0 Å². The van der Waals surface area contributed by atoms with E-state index in [4.69, 9.17) is 4.74 Å². The first-order chi connectivity index (χ1) is 10.4. The molecule has 0 unspecified atom stereocenters. The van der Waals surface area contributed by atoms with Crippen LogP contribution in [0.1, 0.15) is 13.8 Å². The minimum absolute atomic E-state index is 0.107. The number of carbonyl (C=O) groups excluding carboxylic acids is 1. The Balaban J connectivity index is 2.36. The van der Waals surface area contributed by atoms with Crippen molar-refractivity contribution in [3.8, 4) is 0 Å². The smallest absolute Gasteiger partial charge is 0.280 e. The van der Waals surface area contributed by atoms with Crippen LogP contribution >= 0.6 is 0 Å². The first-order valence-electron chi connectivity index (χ1n) is 6.84. The number of nitrogens with zero attached hydrogens (tertiary/aromatic N) is 3. The predicted molar refractivity (Wildman–Crippen MR) is 82.6 cm³/mol. The number of ether oxygens (including phenoxy) is 1. The molecule has 0 aliphatic carbocycles. The number of aromatic nitrogens is 4. The molecule has 0 fully saturated rings. The van der Waals surface area contributed by atoms with Gasteiger partial charge in [0.05, 0.1) is 12.9 Å². The van der Waals surface area contributed by atoms with Gasteiger partial charge in [0.25, 0.3) is 5.56 Å². The van der Waals surface area contributed by atoms with Gasteiger partial charge >= 0.3 is 0 Å². The first kappa shape index (κ1) is 15.9. The second kappa shape index (κ2) is 6.52. The summed E-state index contributed by atoms with van der Waals surface area (Å²) >= 11 is 0. The van der Waals surface area contributed by atoms with Gasteiger partial charge < -0.3 is 9.30 Å². The van der Waals surface area contributed by atoms with E-state index in [2.05, 4.69) is 26.8 Å². The number of hydrogen-bond acceptors (Lipinski definition) is 5. The van der Waals surface area contributed by atoms with E-state index in [1.165, 1.54) is 6.33 Å². The zero-order valence-electron chi connectivity index (χ0n) is 12.8. The number of hydrogen-bond donors (Lipinski definition) is 2. The van der Waals surface area contributed by atoms with Gasteiger partial charge in [0.1, 0.15) is 0 Å². The molecule has 0 aliphatic rings. The van der Waals surface area contributed by atoms with Crippen molar-refractivity contribution in [3.05, 3.63) is 28.8 Å². The van der Waals surface area contributed by atoms with Crippen LogP contribution in [0.4, 0.5) is 5.95 Å². The van der Waals surface area contributed by atoms with E-state index in [0.29, 0.717) is 18.8 Å². The summed E-state index contributed by atoms with van der Waals surface area (Å²) in [6.45, 7) is 8.23. The van der Waals surface area contributed by atoms with Crippen molar-refractivity contribution < 1.29 is 9.53 Å². The summed E-state index contributed by atoms with van der Waals surface area (Å²) in [6.07, 6.45) is 1.52. The fraction of sp³-hybridized carbons (Fsp3) is 0.429. The topological polar surface area (TPSA) is 102 Å². The summed E-state index contributed by atoms with van der Waals surface area (Å²) in [6, 6.07) is 0. The van der Waals surface area contributed by atoms with Crippen LogP contribution < -0.4 is 10.9 Å². The molecule has 118 valence electrons. The maximum atomic E-state index is 12.0. The van der Waals surface area contributed by atoms with Crippen molar-refractivity contribution in [2.45, 2.75) is 20.4 Å². The average Bonchev–Trinajstić information content (AvgIpc) is 2.82. The zero-order valence-corrected chi connectivity index (χ0v) is 12.8. The van der Waals surface area contributed by atoms with Crippen molar-refractivity contribution in [2.24, 2.45) is 5.92 Å². The van der Waals surface area contributed by atoms with Crippen LogP contribution in [0.3, 0.4) is 0 Å². The molecule has 2 aromatic rings. The minimum atomic E-state index is -0.403. The van der Waals surface area contributed by atoms with Gasteiger partial charge in [-0.2, -0.15) is 4.98 Å². The molecule has 2 N–H and O–H groups in total. The molecule has 8 heteroatoms. The van der Waals surface area contributed by atoms with Crippen LogP contribution in [0, 0.1) is 5.92 Å². The molecular formula is C14H19N5O3. The molecule has 0 radical (unpaired) electrons. The van der Waals surface area contributed by atoms with Gasteiger partial charge in [-0.3, -0.25) is 19.9 Å². The van der Waals surface area contributed by atoms with Gasteiger partial charge in [0.2, 0.25) is 11.9 Å². The van der Waals surface area contributed by atoms with E-state index in [9.17, 15) is 9.59 Å². The van der Waals surface area contributed by atoms with E-state index in [1.54, 1.807) is 25.5 Å². The summed E-state index contributed by atoms with van der Waals surface area (Å²) in [5.41, 5.74) is 1.02. The van der Waals surface area contributed by atoms with Crippen molar-refractivity contribution >= 4 is 23.0 Å². The second-order valence-electron chi connectivity index (χ2n) is 5.29. The summed E-state index contributed by atoms with van der Waals surface area (Å²) in [7, 11) is 1.58. The number of anilines is 1. The third kappa shape index (κ3) is 3.40. The van der Waals surface area contributed by atoms with E-state index in [0.717, 1.165) is 5.57 Å². The highest BCUT2D eigenvalue weighted by molar-refractivity contribution is 5.91. The molecular weight excluding hydrogens is 286 g/mol. The van der Waals surface area contributed by atoms with E-state index in [-0.39, 0.29) is 23.3 Å². The fourth-order valence-corrected chi connectivity index (χ4v) is 1.88. The number of amides is 1. The summed E-state index contributed by atoms with van der Waals surface area (Å²) in [5, 5.41) is 2.58. The Morgan fingerprint density at radius 3 is 2.91 bits per heavy atom. The van der Waals surface area contributed by atoms with Gasteiger partial charge in [-0.05, 0) is 5.57 Å². The molecule has 1 amide bonds. The van der Waals surface area contributed by atoms with Crippen LogP contribution in [0.25, 0.3) is 11.2 Å². The van der Waals surface area contributed by atoms with E-state index in [1.807, 2.05) is 0 Å². The molecule has 2 heterocycles. The van der Waals surface area contributed by atoms with Gasteiger partial charge in [-0.15, -0.1) is 0 Å². The Hall–Kier alpha value is -2.48. The lowest BCUT2D eigenvalue weighted by molar-refractivity contribution is -0.118. The highest BCUT2D eigenvalue weighted by Gasteiger charge is 2.13. The Kier molecular flexibility index (Phi) is 4.71. The Morgan fingerprint density at radius 2 is 2.27 bits per heavy atom. The molecule has 2 rings (SSSR count). The highest BCUT2D eigenvalue weighted by atomic mass is 16.5. The lowest BCUT2D eigenvalue weighted by Gasteiger charge is -2.08. The number of rotatable bonds is 6. The molecule has 8 nitrogen and oxygen atoms in total. The molecule has 0 saturated heterocycles. The minimum Gasteiger partial charge on any atom is -0.380 e. The molecule has 0 atom stereocenters. The summed E-state index contributed by atoms with van der Waals surface area (Å²) in [4.78, 5) is 34.5. The zero-order chi connectivity index (χ0) is 16.3. The number of H-pyrrole nitrogens is 1. The molecule has 0 bridgehead atoms. The molecule has 2 aromatic heterocycles. The summed E-state index contributed by atoms with van der Waals surface area (Å²) in [5.74, 6) is -0.333. The lowest BCUT2D eigenvalue weighted by Crippen LogP contribution is -2.22. The SMILES string of the molecule is C=C(COC)Cn1cnc2c(=O)[nH]c(NC(=O)C(C)C)nc21. The van der Waals surface area contributed by atoms with Crippen LogP contribution in [-0.2, 0) is 16.1 Å². The van der Waals surface area contributed by atoms with Gasteiger partial charge in [0, 0.05) is 19.6 Å². The van der Waals surface area contributed by atoms with E-state index < -0.39 is 5.56 Å². The van der Waals surface area contributed by atoms with Crippen molar-refractivity contribution in [1.29, 1.82) is 0 Å². The summed E-state index contributed by atoms with van der Waals surface area (Å²) < 4.78 is 6.70. The van der Waals surface area contributed by atoms with Gasteiger partial charge in [-0.1, -0.05) is 20.4 Å². The normalized spacial score (nSPS) is 11.1. The van der Waals surface area contributed by atoms with Crippen LogP contribution in [0.15, 0.2) is 23.3 Å².